The van der Waals surface area contributed by atoms with Gasteiger partial charge < -0.3 is 9.47 Å². The van der Waals surface area contributed by atoms with Gasteiger partial charge in [-0.25, -0.2) is 4.79 Å². The minimum absolute atomic E-state index is 0.195. The molecule has 0 aromatic carbocycles. The first-order valence-electron chi connectivity index (χ1n) is 6.09. The molecule has 1 heterocycles. The molecular weight excluding hydrogens is 220 g/mol. The molecule has 0 spiro atoms. The molecule has 3 nitrogen and oxygen atoms in total. The van der Waals surface area contributed by atoms with E-state index in [0.29, 0.717) is 6.61 Å². The fourth-order valence-corrected chi connectivity index (χ4v) is 2.93. The van der Waals surface area contributed by atoms with Gasteiger partial charge >= 0.3 is 5.97 Å². The molecule has 1 aliphatic rings. The molecular formula is C12H22O3Si. The van der Waals surface area contributed by atoms with E-state index >= 15 is 0 Å². The minimum Gasteiger partial charge on any atom is -0.463 e. The van der Waals surface area contributed by atoms with E-state index in [-0.39, 0.29) is 11.2 Å². The first-order valence-corrected chi connectivity index (χ1v) is 7.09. The monoisotopic (exact) mass is 242 g/mol. The van der Waals surface area contributed by atoms with Gasteiger partial charge in [-0.05, 0) is 38.5 Å². The van der Waals surface area contributed by atoms with Crippen molar-refractivity contribution < 1.29 is 14.3 Å². The van der Waals surface area contributed by atoms with E-state index in [9.17, 15) is 4.79 Å². The summed E-state index contributed by atoms with van der Waals surface area (Å²) in [5, 5.41) is 0.195. The topological polar surface area (TPSA) is 35.5 Å². The third-order valence-corrected chi connectivity index (χ3v) is 4.35. The third-order valence-electron chi connectivity index (χ3n) is 3.06. The lowest BCUT2D eigenvalue weighted by Crippen LogP contribution is -2.36. The molecule has 0 aliphatic carbocycles. The molecule has 1 saturated heterocycles. The van der Waals surface area contributed by atoms with Crippen molar-refractivity contribution in [1.82, 2.24) is 0 Å². The van der Waals surface area contributed by atoms with E-state index < -0.39 is 0 Å². The molecule has 92 valence electrons. The lowest BCUT2D eigenvalue weighted by Gasteiger charge is -2.34. The number of carbonyl (C=O) groups is 1. The van der Waals surface area contributed by atoms with E-state index in [2.05, 4.69) is 6.58 Å². The molecule has 0 radical (unpaired) electrons. The Morgan fingerprint density at radius 2 is 2.31 bits per heavy atom. The largest absolute Gasteiger partial charge is 0.463 e. The zero-order chi connectivity index (χ0) is 11.9. The zero-order valence-corrected chi connectivity index (χ0v) is 12.2. The van der Waals surface area contributed by atoms with Gasteiger partial charge in [0, 0.05) is 28.1 Å². The van der Waals surface area contributed by atoms with Crippen LogP contribution in [0.2, 0.25) is 0 Å². The average Bonchev–Trinajstić information content (AvgIpc) is 2.29. The normalized spacial score (nSPS) is 25.2. The van der Waals surface area contributed by atoms with Gasteiger partial charge in [-0.3, -0.25) is 0 Å². The van der Waals surface area contributed by atoms with Crippen LogP contribution >= 0.6 is 0 Å². The summed E-state index contributed by atoms with van der Waals surface area (Å²) in [6.45, 7) is 4.78. The predicted molar refractivity (Wildman–Crippen MR) is 67.5 cm³/mol. The molecule has 16 heavy (non-hydrogen) atoms. The van der Waals surface area contributed by atoms with E-state index in [0.717, 1.165) is 36.1 Å². The van der Waals surface area contributed by atoms with E-state index in [1.54, 1.807) is 0 Å². The van der Waals surface area contributed by atoms with Gasteiger partial charge in [0.05, 0.1) is 6.61 Å². The summed E-state index contributed by atoms with van der Waals surface area (Å²) in [7, 11) is 1.10. The van der Waals surface area contributed by atoms with Crippen molar-refractivity contribution in [1.29, 1.82) is 0 Å². The van der Waals surface area contributed by atoms with Crippen LogP contribution in [-0.2, 0) is 14.3 Å². The molecule has 1 aliphatic heterocycles. The number of ether oxygens (including phenoxy) is 2. The van der Waals surface area contributed by atoms with E-state index in [4.69, 9.17) is 9.47 Å². The highest BCUT2D eigenvalue weighted by Crippen LogP contribution is 2.26. The van der Waals surface area contributed by atoms with Crippen LogP contribution in [0.15, 0.2) is 12.7 Å². The van der Waals surface area contributed by atoms with Crippen LogP contribution in [0, 0.1) is 0 Å². The van der Waals surface area contributed by atoms with E-state index in [1.165, 1.54) is 25.3 Å². The zero-order valence-electron chi connectivity index (χ0n) is 10.2. The van der Waals surface area contributed by atoms with Gasteiger partial charge in [0.2, 0.25) is 0 Å². The van der Waals surface area contributed by atoms with Gasteiger partial charge in [-0.2, -0.15) is 0 Å². The van der Waals surface area contributed by atoms with Crippen LogP contribution < -0.4 is 0 Å². The summed E-state index contributed by atoms with van der Waals surface area (Å²) < 4.78 is 10.8. The Hall–Kier alpha value is -0.613. The van der Waals surface area contributed by atoms with Crippen molar-refractivity contribution in [3.05, 3.63) is 12.7 Å². The smallest absolute Gasteiger partial charge is 0.330 e. The number of unbranched alkanes of at least 4 members (excludes halogenated alkanes) is 1. The Balaban J connectivity index is 2.05. The van der Waals surface area contributed by atoms with Gasteiger partial charge in [-0.1, -0.05) is 6.58 Å². The van der Waals surface area contributed by atoms with Crippen molar-refractivity contribution in [2.45, 2.75) is 43.7 Å². The Morgan fingerprint density at radius 3 is 2.94 bits per heavy atom. The Morgan fingerprint density at radius 1 is 1.50 bits per heavy atom. The SMILES string of the molecule is C=CC(=O)OCCCCC1([SiH3])CCCCO1. The highest BCUT2D eigenvalue weighted by atomic mass is 28.1. The van der Waals surface area contributed by atoms with Crippen LogP contribution in [-0.4, -0.2) is 34.6 Å². The second-order valence-corrected chi connectivity index (χ2v) is 6.41. The minimum atomic E-state index is -0.325. The fourth-order valence-electron chi connectivity index (χ4n) is 2.02. The van der Waals surface area contributed by atoms with Crippen molar-refractivity contribution in [3.8, 4) is 0 Å². The van der Waals surface area contributed by atoms with E-state index in [1.807, 2.05) is 0 Å². The molecule has 1 fully saturated rings. The van der Waals surface area contributed by atoms with Crippen LogP contribution in [0.3, 0.4) is 0 Å². The van der Waals surface area contributed by atoms with Crippen LogP contribution in [0.4, 0.5) is 0 Å². The van der Waals surface area contributed by atoms with Crippen molar-refractivity contribution in [2.75, 3.05) is 13.2 Å². The van der Waals surface area contributed by atoms with Gasteiger partial charge in [-0.15, -0.1) is 0 Å². The predicted octanol–water partition coefficient (Wildman–Crippen LogP) is 1.15. The van der Waals surface area contributed by atoms with Crippen LogP contribution in [0.5, 0.6) is 0 Å². The molecule has 0 aromatic rings. The highest BCUT2D eigenvalue weighted by molar-refractivity contribution is 6.14. The van der Waals surface area contributed by atoms with Gasteiger partial charge in [0.25, 0.3) is 0 Å². The third kappa shape index (κ3) is 4.94. The molecule has 0 N–H and O–H groups in total. The molecule has 4 heteroatoms. The maximum atomic E-state index is 10.8. The average molecular weight is 242 g/mol. The standard InChI is InChI=1S/C12H22O3Si/c1-2-11(13)14-9-5-3-7-12(16)8-4-6-10-15-12/h2H,1,3-10H2,16H3. The van der Waals surface area contributed by atoms with Crippen LogP contribution in [0.1, 0.15) is 38.5 Å². The molecule has 1 unspecified atom stereocenters. The summed E-state index contributed by atoms with van der Waals surface area (Å²) in [6.07, 6.45) is 8.05. The summed E-state index contributed by atoms with van der Waals surface area (Å²) >= 11 is 0. The number of hydrogen-bond acceptors (Lipinski definition) is 3. The fraction of sp³-hybridized carbons (Fsp3) is 0.750. The lowest BCUT2D eigenvalue weighted by atomic mass is 10.0. The Labute approximate surface area is 101 Å². The summed E-state index contributed by atoms with van der Waals surface area (Å²) in [5.74, 6) is -0.325. The first-order chi connectivity index (χ1) is 7.66. The molecule has 0 bridgehead atoms. The quantitative estimate of drug-likeness (QED) is 0.303. The maximum Gasteiger partial charge on any atom is 0.330 e. The number of esters is 1. The van der Waals surface area contributed by atoms with Gasteiger partial charge in [0.1, 0.15) is 0 Å². The summed E-state index contributed by atoms with van der Waals surface area (Å²) in [4.78, 5) is 10.8. The van der Waals surface area contributed by atoms with Crippen LogP contribution in [0.25, 0.3) is 0 Å². The molecule has 0 amide bonds. The summed E-state index contributed by atoms with van der Waals surface area (Å²) in [6, 6.07) is 0. The number of carbonyl (C=O) groups excluding carboxylic acids is 1. The highest BCUT2D eigenvalue weighted by Gasteiger charge is 2.26. The van der Waals surface area contributed by atoms with Gasteiger partial charge in [0.15, 0.2) is 0 Å². The molecule has 0 aromatic heterocycles. The molecule has 0 saturated carbocycles. The Bertz CT molecular complexity index is 234. The number of rotatable bonds is 6. The lowest BCUT2D eigenvalue weighted by molar-refractivity contribution is -0.137. The first kappa shape index (κ1) is 13.5. The molecule has 1 atom stereocenters. The molecule has 1 rings (SSSR count). The maximum absolute atomic E-state index is 10.8. The number of hydrogen-bond donors (Lipinski definition) is 0. The second-order valence-electron chi connectivity index (χ2n) is 4.58. The second kappa shape index (κ2) is 6.86. The van der Waals surface area contributed by atoms with Crippen molar-refractivity contribution in [3.63, 3.8) is 0 Å². The Kier molecular flexibility index (Phi) is 5.77. The van der Waals surface area contributed by atoms with Crippen molar-refractivity contribution >= 4 is 16.2 Å². The summed E-state index contributed by atoms with van der Waals surface area (Å²) in [5.41, 5.74) is 0. The van der Waals surface area contributed by atoms with Crippen molar-refractivity contribution in [2.24, 2.45) is 0 Å².